The summed E-state index contributed by atoms with van der Waals surface area (Å²) in [5.74, 6) is 2.69. The molecule has 44 heavy (non-hydrogen) atoms. The summed E-state index contributed by atoms with van der Waals surface area (Å²) in [6, 6.07) is 14.0. The van der Waals surface area contributed by atoms with Gasteiger partial charge in [0.1, 0.15) is 19.0 Å². The molecule has 2 heterocycles. The van der Waals surface area contributed by atoms with E-state index in [1.807, 2.05) is 36.4 Å². The Morgan fingerprint density at radius 3 is 2.48 bits per heavy atom. The van der Waals surface area contributed by atoms with Gasteiger partial charge in [0.15, 0.2) is 23.1 Å². The molecule has 1 saturated heterocycles. The summed E-state index contributed by atoms with van der Waals surface area (Å²) in [5, 5.41) is 0. The maximum Gasteiger partial charge on any atom is 0.162 e. The maximum absolute atomic E-state index is 13.0. The van der Waals surface area contributed by atoms with Crippen LogP contribution in [0.5, 0.6) is 17.2 Å². The van der Waals surface area contributed by atoms with Gasteiger partial charge in [0, 0.05) is 38.1 Å². The average molecular weight is 606 g/mol. The fourth-order valence-corrected chi connectivity index (χ4v) is 6.75. The number of methoxy groups -OCH3 is 2. The number of fused-ring (bicyclic) bond motifs is 1. The van der Waals surface area contributed by atoms with Crippen LogP contribution in [0, 0.1) is 5.41 Å². The molecule has 0 bridgehead atoms. The average Bonchev–Trinajstić information content (AvgIpc) is 3.46. The second-order valence-corrected chi connectivity index (χ2v) is 12.6. The van der Waals surface area contributed by atoms with E-state index in [1.165, 1.54) is 12.0 Å². The topological polar surface area (TPSA) is 74.3 Å². The molecule has 2 aromatic rings. The number of Topliss-reactive ketones (excluding diaryl/α,β-unsaturated/α-hetero) is 1. The van der Waals surface area contributed by atoms with Crippen molar-refractivity contribution in [3.8, 4) is 17.2 Å². The third-order valence-corrected chi connectivity index (χ3v) is 9.13. The Hall–Kier alpha value is -3.16. The normalized spacial score (nSPS) is 18.2. The van der Waals surface area contributed by atoms with E-state index in [1.54, 1.807) is 14.2 Å². The largest absolute Gasteiger partial charge is 0.497 e. The molecule has 0 spiro atoms. The van der Waals surface area contributed by atoms with Crippen LogP contribution < -0.4 is 14.2 Å². The van der Waals surface area contributed by atoms with Gasteiger partial charge in [0.25, 0.3) is 0 Å². The van der Waals surface area contributed by atoms with E-state index in [4.69, 9.17) is 18.9 Å². The molecule has 0 aliphatic carbocycles. The molecular formula is C37H51NO6. The molecule has 2 aromatic carbocycles. The minimum Gasteiger partial charge on any atom is -0.497 e. The Kier molecular flexibility index (Phi) is 12.9. The maximum atomic E-state index is 13.0. The summed E-state index contributed by atoms with van der Waals surface area (Å²) < 4.78 is 22.4. The standard InChI is InChI=1S/C37H51NO6/c1-5-37(27-38-19-9-10-31(38)26-41-3,25-29-13-18-35-36(23-29)44-21-20-43-35)24-28(2)22-32(39)11-7-6-8-12-34(40)30-14-16-33(42-4)17-15-30/h13-18,22-23,31H,5-12,19-21,24-27H2,1-4H3. The molecule has 0 aromatic heterocycles. The number of carbonyl (C=O) groups is 2. The zero-order valence-electron chi connectivity index (χ0n) is 27.2. The first-order valence-corrected chi connectivity index (χ1v) is 16.3. The van der Waals surface area contributed by atoms with Crippen LogP contribution in [0.4, 0.5) is 0 Å². The predicted molar refractivity (Wildman–Crippen MR) is 174 cm³/mol. The Bertz CT molecular complexity index is 1260. The Balaban J connectivity index is 1.35. The SMILES string of the molecule is CCC(CC(C)=CC(=O)CCCCCC(=O)c1ccc(OC)cc1)(Cc1ccc2c(c1)OCCO2)CN1CCCC1COC. The van der Waals surface area contributed by atoms with Crippen molar-refractivity contribution >= 4 is 11.6 Å². The molecule has 240 valence electrons. The van der Waals surface area contributed by atoms with E-state index in [2.05, 4.69) is 30.9 Å². The lowest BCUT2D eigenvalue weighted by molar-refractivity contribution is -0.114. The molecule has 2 aliphatic heterocycles. The first-order chi connectivity index (χ1) is 21.3. The monoisotopic (exact) mass is 605 g/mol. The smallest absolute Gasteiger partial charge is 0.162 e. The number of carbonyl (C=O) groups excluding carboxylic acids is 2. The molecule has 2 atom stereocenters. The van der Waals surface area contributed by atoms with Crippen LogP contribution in [0.15, 0.2) is 54.1 Å². The van der Waals surface area contributed by atoms with Gasteiger partial charge in [-0.25, -0.2) is 0 Å². The molecule has 0 N–H and O–H groups in total. The van der Waals surface area contributed by atoms with Crippen LogP contribution in [0.3, 0.4) is 0 Å². The van der Waals surface area contributed by atoms with Crippen LogP contribution in [-0.4, -0.2) is 69.6 Å². The van der Waals surface area contributed by atoms with E-state index < -0.39 is 0 Å². The molecule has 0 radical (unpaired) electrons. The van der Waals surface area contributed by atoms with Crippen molar-refractivity contribution in [2.24, 2.45) is 5.41 Å². The van der Waals surface area contributed by atoms with Crippen LogP contribution >= 0.6 is 0 Å². The number of ether oxygens (including phenoxy) is 4. The van der Waals surface area contributed by atoms with E-state index >= 15 is 0 Å². The minimum absolute atomic E-state index is 0.0250. The molecule has 0 saturated carbocycles. The number of hydrogen-bond acceptors (Lipinski definition) is 7. The van der Waals surface area contributed by atoms with E-state index in [0.29, 0.717) is 37.7 Å². The van der Waals surface area contributed by atoms with Crippen molar-refractivity contribution in [1.82, 2.24) is 4.90 Å². The first kappa shape index (κ1) is 33.7. The number of nitrogens with zero attached hydrogens (tertiary/aromatic N) is 1. The molecule has 2 aliphatic rings. The summed E-state index contributed by atoms with van der Waals surface area (Å²) >= 11 is 0. The lowest BCUT2D eigenvalue weighted by atomic mass is 9.73. The molecule has 7 nitrogen and oxygen atoms in total. The highest BCUT2D eigenvalue weighted by molar-refractivity contribution is 5.96. The van der Waals surface area contributed by atoms with Crippen LogP contribution in [0.25, 0.3) is 0 Å². The van der Waals surface area contributed by atoms with Gasteiger partial charge in [-0.15, -0.1) is 0 Å². The van der Waals surface area contributed by atoms with Gasteiger partial charge in [-0.1, -0.05) is 25.0 Å². The van der Waals surface area contributed by atoms with Crippen LogP contribution in [0.2, 0.25) is 0 Å². The van der Waals surface area contributed by atoms with E-state index in [9.17, 15) is 9.59 Å². The van der Waals surface area contributed by atoms with Crippen molar-refractivity contribution in [1.29, 1.82) is 0 Å². The molecule has 1 fully saturated rings. The second-order valence-electron chi connectivity index (χ2n) is 12.6. The number of hydrogen-bond donors (Lipinski definition) is 0. The molecule has 4 rings (SSSR count). The van der Waals surface area contributed by atoms with Crippen molar-refractivity contribution in [3.63, 3.8) is 0 Å². The number of ketones is 2. The molecule has 2 unspecified atom stereocenters. The predicted octanol–water partition coefficient (Wildman–Crippen LogP) is 7.26. The number of unbranched alkanes of at least 4 members (excludes halogenated alkanes) is 2. The highest BCUT2D eigenvalue weighted by Crippen LogP contribution is 2.39. The van der Waals surface area contributed by atoms with Crippen LogP contribution in [-0.2, 0) is 16.0 Å². The zero-order chi connectivity index (χ0) is 31.4. The van der Waals surface area contributed by atoms with Crippen LogP contribution in [0.1, 0.15) is 87.6 Å². The highest BCUT2D eigenvalue weighted by atomic mass is 16.6. The first-order valence-electron chi connectivity index (χ1n) is 16.3. The Morgan fingerprint density at radius 2 is 1.75 bits per heavy atom. The zero-order valence-corrected chi connectivity index (χ0v) is 27.2. The summed E-state index contributed by atoms with van der Waals surface area (Å²) in [6.45, 7) is 8.35. The minimum atomic E-state index is -0.0250. The van der Waals surface area contributed by atoms with Crippen molar-refractivity contribution in [3.05, 3.63) is 65.2 Å². The summed E-state index contributed by atoms with van der Waals surface area (Å²) in [4.78, 5) is 28.1. The Labute approximate surface area is 263 Å². The highest BCUT2D eigenvalue weighted by Gasteiger charge is 2.36. The number of allylic oxidation sites excluding steroid dienone is 2. The van der Waals surface area contributed by atoms with Gasteiger partial charge in [-0.3, -0.25) is 14.5 Å². The van der Waals surface area contributed by atoms with E-state index in [-0.39, 0.29) is 17.0 Å². The van der Waals surface area contributed by atoms with Gasteiger partial charge >= 0.3 is 0 Å². The second kappa shape index (κ2) is 16.8. The summed E-state index contributed by atoms with van der Waals surface area (Å²) in [7, 11) is 3.40. The Morgan fingerprint density at radius 1 is 1.00 bits per heavy atom. The number of rotatable bonds is 18. The lowest BCUT2D eigenvalue weighted by Gasteiger charge is -2.39. The molecule has 7 heteroatoms. The van der Waals surface area contributed by atoms with Crippen molar-refractivity contribution < 1.29 is 28.5 Å². The number of benzene rings is 2. The summed E-state index contributed by atoms with van der Waals surface area (Å²) in [5.41, 5.74) is 3.05. The van der Waals surface area contributed by atoms with Gasteiger partial charge in [-0.2, -0.15) is 0 Å². The fourth-order valence-electron chi connectivity index (χ4n) is 6.75. The van der Waals surface area contributed by atoms with Gasteiger partial charge < -0.3 is 18.9 Å². The van der Waals surface area contributed by atoms with Crippen molar-refractivity contribution in [2.45, 2.75) is 84.1 Å². The third kappa shape index (κ3) is 9.67. The summed E-state index contributed by atoms with van der Waals surface area (Å²) in [6.07, 6.45) is 10.4. The van der Waals surface area contributed by atoms with Gasteiger partial charge in [0.2, 0.25) is 0 Å². The number of likely N-dealkylation sites (tertiary alicyclic amines) is 1. The third-order valence-electron chi connectivity index (χ3n) is 9.13. The van der Waals surface area contributed by atoms with Gasteiger partial charge in [-0.05, 0) is 112 Å². The molecule has 0 amide bonds. The quantitative estimate of drug-likeness (QED) is 0.101. The van der Waals surface area contributed by atoms with Gasteiger partial charge in [0.05, 0.1) is 13.7 Å². The fraction of sp³-hybridized carbons (Fsp3) is 0.568. The van der Waals surface area contributed by atoms with E-state index in [0.717, 1.165) is 87.5 Å². The van der Waals surface area contributed by atoms with Crippen molar-refractivity contribution in [2.75, 3.05) is 47.1 Å². The lowest BCUT2D eigenvalue weighted by Crippen LogP contribution is -2.43. The molecular weight excluding hydrogens is 554 g/mol.